The van der Waals surface area contributed by atoms with Gasteiger partial charge >= 0.3 is 0 Å². The lowest BCUT2D eigenvalue weighted by Gasteiger charge is -2.06. The van der Waals surface area contributed by atoms with Crippen LogP contribution in [0.3, 0.4) is 0 Å². The smallest absolute Gasteiger partial charge is 0.0486 e. The molecule has 1 heterocycles. The van der Waals surface area contributed by atoms with Gasteiger partial charge in [-0.15, -0.1) is 0 Å². The highest BCUT2D eigenvalue weighted by Crippen LogP contribution is 2.17. The summed E-state index contributed by atoms with van der Waals surface area (Å²) in [7, 11) is 0. The van der Waals surface area contributed by atoms with Gasteiger partial charge in [-0.1, -0.05) is 76.6 Å². The zero-order chi connectivity index (χ0) is 14.9. The summed E-state index contributed by atoms with van der Waals surface area (Å²) in [6, 6.07) is 8.82. The molecule has 1 aliphatic rings. The van der Waals surface area contributed by atoms with Crippen LogP contribution in [-0.4, -0.2) is 0 Å². The van der Waals surface area contributed by atoms with Crippen molar-refractivity contribution in [3.63, 3.8) is 0 Å². The SMILES string of the molecule is CCCCCCC1=c2ccccc2=C(CCCCCC)[N]1. The van der Waals surface area contributed by atoms with Gasteiger partial charge in [0.15, 0.2) is 0 Å². The molecule has 1 aromatic carbocycles. The Labute approximate surface area is 130 Å². The summed E-state index contributed by atoms with van der Waals surface area (Å²) in [6.07, 6.45) is 12.8. The molecule has 0 atom stereocenters. The first-order valence-corrected chi connectivity index (χ1v) is 8.90. The fourth-order valence-corrected chi connectivity index (χ4v) is 3.09. The van der Waals surface area contributed by atoms with Crippen LogP contribution in [0.25, 0.3) is 11.4 Å². The number of unbranched alkanes of at least 4 members (excludes halogenated alkanes) is 6. The van der Waals surface area contributed by atoms with E-state index in [1.807, 2.05) is 0 Å². The van der Waals surface area contributed by atoms with Gasteiger partial charge in [0.05, 0.1) is 0 Å². The predicted molar refractivity (Wildman–Crippen MR) is 92.2 cm³/mol. The molecule has 0 aromatic heterocycles. The molecular weight excluding hydrogens is 254 g/mol. The van der Waals surface area contributed by atoms with E-state index in [4.69, 9.17) is 5.32 Å². The quantitative estimate of drug-likeness (QED) is 0.563. The standard InChI is InChI=1S/C20H30N/c1-3-5-7-9-15-19-17-13-11-12-14-18(17)20(21-19)16-10-8-6-4-2/h11-14H,3-10,15-16H2,1-2H3. The molecule has 1 heteroatoms. The summed E-state index contributed by atoms with van der Waals surface area (Å²) < 4.78 is 0. The minimum atomic E-state index is 1.15. The van der Waals surface area contributed by atoms with Crippen molar-refractivity contribution in [1.29, 1.82) is 0 Å². The lowest BCUT2D eigenvalue weighted by atomic mass is 10.1. The highest BCUT2D eigenvalue weighted by molar-refractivity contribution is 5.63. The molecule has 0 aliphatic carbocycles. The Bertz CT molecular complexity index is 492. The Balaban J connectivity index is 2.02. The molecule has 1 radical (unpaired) electrons. The first kappa shape index (κ1) is 16.1. The Kier molecular flexibility index (Phi) is 6.85. The second-order valence-corrected chi connectivity index (χ2v) is 6.17. The van der Waals surface area contributed by atoms with E-state index in [0.29, 0.717) is 0 Å². The monoisotopic (exact) mass is 284 g/mol. The molecule has 0 unspecified atom stereocenters. The van der Waals surface area contributed by atoms with Crippen molar-refractivity contribution < 1.29 is 0 Å². The number of fused-ring (bicyclic) bond motifs is 1. The number of hydrogen-bond acceptors (Lipinski definition) is 0. The van der Waals surface area contributed by atoms with E-state index in [2.05, 4.69) is 38.1 Å². The summed E-state index contributed by atoms with van der Waals surface area (Å²) in [5.41, 5.74) is 2.68. The summed E-state index contributed by atoms with van der Waals surface area (Å²) in [4.78, 5) is 0. The molecule has 0 saturated heterocycles. The maximum absolute atomic E-state index is 4.98. The summed E-state index contributed by atoms with van der Waals surface area (Å²) >= 11 is 0. The highest BCUT2D eigenvalue weighted by atomic mass is 14.9. The van der Waals surface area contributed by atoms with Crippen molar-refractivity contribution in [2.24, 2.45) is 0 Å². The Morgan fingerprint density at radius 3 is 1.57 bits per heavy atom. The number of benzene rings is 1. The topological polar surface area (TPSA) is 14.1 Å². The normalized spacial score (nSPS) is 13.4. The van der Waals surface area contributed by atoms with Crippen LogP contribution in [0.2, 0.25) is 0 Å². The Morgan fingerprint density at radius 1 is 0.667 bits per heavy atom. The summed E-state index contributed by atoms with van der Waals surface area (Å²) in [5.74, 6) is 0. The van der Waals surface area contributed by atoms with E-state index in [1.165, 1.54) is 73.2 Å². The number of rotatable bonds is 10. The van der Waals surface area contributed by atoms with Crippen LogP contribution in [0.1, 0.15) is 78.1 Å². The minimum absolute atomic E-state index is 1.15. The van der Waals surface area contributed by atoms with Gasteiger partial charge in [0.2, 0.25) is 0 Å². The predicted octanol–water partition coefficient (Wildman–Crippen LogP) is 4.46. The van der Waals surface area contributed by atoms with Gasteiger partial charge in [0.1, 0.15) is 0 Å². The van der Waals surface area contributed by atoms with Crippen molar-refractivity contribution in [3.8, 4) is 0 Å². The van der Waals surface area contributed by atoms with Crippen molar-refractivity contribution in [1.82, 2.24) is 5.32 Å². The zero-order valence-corrected chi connectivity index (χ0v) is 13.8. The maximum Gasteiger partial charge on any atom is 0.0486 e. The molecule has 0 saturated carbocycles. The van der Waals surface area contributed by atoms with Crippen LogP contribution in [0.5, 0.6) is 0 Å². The van der Waals surface area contributed by atoms with E-state index < -0.39 is 0 Å². The lowest BCUT2D eigenvalue weighted by Crippen LogP contribution is -2.23. The van der Waals surface area contributed by atoms with Gasteiger partial charge in [-0.2, -0.15) is 0 Å². The van der Waals surface area contributed by atoms with Gasteiger partial charge < -0.3 is 0 Å². The van der Waals surface area contributed by atoms with E-state index in [1.54, 1.807) is 0 Å². The largest absolute Gasteiger partial charge is 0.257 e. The third kappa shape index (κ3) is 4.62. The second kappa shape index (κ2) is 8.92. The first-order chi connectivity index (χ1) is 10.4. The van der Waals surface area contributed by atoms with Crippen LogP contribution in [0.4, 0.5) is 0 Å². The maximum atomic E-state index is 4.98. The zero-order valence-electron chi connectivity index (χ0n) is 13.8. The molecule has 0 fully saturated rings. The van der Waals surface area contributed by atoms with Crippen LogP contribution in [-0.2, 0) is 0 Å². The Hall–Kier alpha value is -1.24. The van der Waals surface area contributed by atoms with Crippen LogP contribution in [0, 0.1) is 0 Å². The molecule has 0 amide bonds. The summed E-state index contributed by atoms with van der Waals surface area (Å²) in [5, 5.41) is 7.79. The fourth-order valence-electron chi connectivity index (χ4n) is 3.09. The third-order valence-corrected chi connectivity index (χ3v) is 4.35. The van der Waals surface area contributed by atoms with Crippen LogP contribution in [0.15, 0.2) is 24.3 Å². The first-order valence-electron chi connectivity index (χ1n) is 8.90. The molecule has 0 bridgehead atoms. The van der Waals surface area contributed by atoms with Crippen molar-refractivity contribution >= 4 is 11.4 Å². The molecule has 1 aromatic rings. The van der Waals surface area contributed by atoms with Gasteiger partial charge in [0.25, 0.3) is 0 Å². The van der Waals surface area contributed by atoms with E-state index in [9.17, 15) is 0 Å². The molecular formula is C20H30N. The van der Waals surface area contributed by atoms with E-state index in [0.717, 1.165) is 12.8 Å². The molecule has 1 nitrogen and oxygen atoms in total. The average molecular weight is 284 g/mol. The highest BCUT2D eigenvalue weighted by Gasteiger charge is 2.13. The van der Waals surface area contributed by atoms with Crippen LogP contribution >= 0.6 is 0 Å². The number of nitrogens with zero attached hydrogens (tertiary/aromatic N) is 1. The number of hydrogen-bond donors (Lipinski definition) is 0. The van der Waals surface area contributed by atoms with Gasteiger partial charge in [-0.25, -0.2) is 0 Å². The van der Waals surface area contributed by atoms with E-state index >= 15 is 0 Å². The molecule has 0 spiro atoms. The molecule has 2 rings (SSSR count). The van der Waals surface area contributed by atoms with Crippen LogP contribution < -0.4 is 15.8 Å². The van der Waals surface area contributed by atoms with Gasteiger partial charge in [-0.3, -0.25) is 5.32 Å². The third-order valence-electron chi connectivity index (χ3n) is 4.35. The minimum Gasteiger partial charge on any atom is -0.257 e. The Morgan fingerprint density at radius 2 is 1.14 bits per heavy atom. The van der Waals surface area contributed by atoms with Gasteiger partial charge in [0, 0.05) is 21.8 Å². The summed E-state index contributed by atoms with van der Waals surface area (Å²) in [6.45, 7) is 4.54. The molecule has 1 aliphatic heterocycles. The molecule has 115 valence electrons. The molecule has 21 heavy (non-hydrogen) atoms. The fraction of sp³-hybridized carbons (Fsp3) is 0.600. The van der Waals surface area contributed by atoms with Crippen molar-refractivity contribution in [2.75, 3.05) is 0 Å². The van der Waals surface area contributed by atoms with Crippen molar-refractivity contribution in [3.05, 3.63) is 34.7 Å². The lowest BCUT2D eigenvalue weighted by molar-refractivity contribution is 0.664. The second-order valence-electron chi connectivity index (χ2n) is 6.17. The molecule has 0 N–H and O–H groups in total. The van der Waals surface area contributed by atoms with E-state index in [-0.39, 0.29) is 0 Å². The van der Waals surface area contributed by atoms with Gasteiger partial charge in [-0.05, 0) is 25.7 Å². The van der Waals surface area contributed by atoms with Crippen molar-refractivity contribution in [2.45, 2.75) is 78.1 Å². The average Bonchev–Trinajstić information content (AvgIpc) is 2.87.